The molecule has 1 rings (SSSR count). The second kappa shape index (κ2) is 6.94. The molecular formula is C12H15ClFN3O2. The van der Waals surface area contributed by atoms with Crippen molar-refractivity contribution in [3.63, 3.8) is 0 Å². The van der Waals surface area contributed by atoms with Crippen LogP contribution >= 0.6 is 11.6 Å². The van der Waals surface area contributed by atoms with Gasteiger partial charge >= 0.3 is 6.03 Å². The van der Waals surface area contributed by atoms with Crippen LogP contribution in [-0.2, 0) is 0 Å². The zero-order valence-electron chi connectivity index (χ0n) is 10.7. The van der Waals surface area contributed by atoms with Gasteiger partial charge in [-0.25, -0.2) is 9.18 Å². The first-order chi connectivity index (χ1) is 8.91. The fraction of sp³-hybridized carbons (Fsp3) is 0.333. The molecule has 0 heterocycles. The van der Waals surface area contributed by atoms with Crippen LogP contribution in [0.15, 0.2) is 18.2 Å². The summed E-state index contributed by atoms with van der Waals surface area (Å²) in [4.78, 5) is 24.2. The van der Waals surface area contributed by atoms with Crippen molar-refractivity contribution in [2.24, 2.45) is 0 Å². The molecular weight excluding hydrogens is 273 g/mol. The molecule has 0 aliphatic rings. The minimum absolute atomic E-state index is 0.119. The number of carbonyl (C=O) groups is 2. The summed E-state index contributed by atoms with van der Waals surface area (Å²) >= 11 is 5.69. The van der Waals surface area contributed by atoms with E-state index in [1.165, 1.54) is 17.0 Å². The van der Waals surface area contributed by atoms with Crippen LogP contribution in [0.1, 0.15) is 10.4 Å². The number of hydrogen-bond donors (Lipinski definition) is 2. The van der Waals surface area contributed by atoms with E-state index in [-0.39, 0.29) is 29.7 Å². The molecule has 0 aliphatic carbocycles. The van der Waals surface area contributed by atoms with Crippen LogP contribution in [-0.4, -0.2) is 44.0 Å². The van der Waals surface area contributed by atoms with Crippen molar-refractivity contribution < 1.29 is 14.0 Å². The Morgan fingerprint density at radius 3 is 2.53 bits per heavy atom. The van der Waals surface area contributed by atoms with Gasteiger partial charge in [-0.15, -0.1) is 0 Å². The minimum atomic E-state index is -0.640. The molecule has 0 saturated carbocycles. The summed E-state index contributed by atoms with van der Waals surface area (Å²) in [7, 11) is 3.21. The Morgan fingerprint density at radius 2 is 1.89 bits per heavy atom. The second-order valence-electron chi connectivity index (χ2n) is 4.01. The first-order valence-electron chi connectivity index (χ1n) is 5.60. The largest absolute Gasteiger partial charge is 0.350 e. The lowest BCUT2D eigenvalue weighted by molar-refractivity contribution is 0.0949. The fourth-order valence-electron chi connectivity index (χ4n) is 1.27. The van der Waals surface area contributed by atoms with E-state index in [4.69, 9.17) is 11.6 Å². The molecule has 7 heteroatoms. The first kappa shape index (κ1) is 15.2. The molecule has 0 fully saturated rings. The summed E-state index contributed by atoms with van der Waals surface area (Å²) in [6.07, 6.45) is 0. The summed E-state index contributed by atoms with van der Waals surface area (Å²) in [5.41, 5.74) is -0.119. The van der Waals surface area contributed by atoms with Gasteiger partial charge in [-0.3, -0.25) is 4.79 Å². The molecule has 0 spiro atoms. The topological polar surface area (TPSA) is 61.4 Å². The average Bonchev–Trinajstić information content (AvgIpc) is 2.36. The molecule has 5 nitrogen and oxygen atoms in total. The van der Waals surface area contributed by atoms with Crippen LogP contribution in [0.2, 0.25) is 5.02 Å². The van der Waals surface area contributed by atoms with Crippen LogP contribution in [0.5, 0.6) is 0 Å². The fourth-order valence-corrected chi connectivity index (χ4v) is 1.44. The van der Waals surface area contributed by atoms with E-state index in [9.17, 15) is 14.0 Å². The lowest BCUT2D eigenvalue weighted by atomic mass is 10.2. The van der Waals surface area contributed by atoms with Gasteiger partial charge in [-0.1, -0.05) is 11.6 Å². The van der Waals surface area contributed by atoms with Gasteiger partial charge in [-0.05, 0) is 18.2 Å². The zero-order chi connectivity index (χ0) is 14.4. The highest BCUT2D eigenvalue weighted by atomic mass is 35.5. The summed E-state index contributed by atoms with van der Waals surface area (Å²) < 4.78 is 13.4. The van der Waals surface area contributed by atoms with Crippen molar-refractivity contribution in [2.75, 3.05) is 27.2 Å². The predicted molar refractivity (Wildman–Crippen MR) is 70.8 cm³/mol. The molecule has 1 aromatic rings. The molecule has 0 unspecified atom stereocenters. The van der Waals surface area contributed by atoms with E-state index < -0.39 is 11.7 Å². The Bertz CT molecular complexity index is 480. The quantitative estimate of drug-likeness (QED) is 0.824. The van der Waals surface area contributed by atoms with Crippen molar-refractivity contribution in [3.05, 3.63) is 34.6 Å². The number of carbonyl (C=O) groups excluding carboxylic acids is 2. The van der Waals surface area contributed by atoms with Crippen molar-refractivity contribution in [3.8, 4) is 0 Å². The maximum absolute atomic E-state index is 13.4. The summed E-state index contributed by atoms with van der Waals surface area (Å²) in [6, 6.07) is 3.49. The maximum atomic E-state index is 13.4. The highest BCUT2D eigenvalue weighted by Gasteiger charge is 2.11. The summed E-state index contributed by atoms with van der Waals surface area (Å²) in [5, 5.41) is 5.34. The van der Waals surface area contributed by atoms with Gasteiger partial charge in [0.2, 0.25) is 0 Å². The molecule has 3 amide bonds. The van der Waals surface area contributed by atoms with E-state index in [1.54, 1.807) is 14.1 Å². The van der Waals surface area contributed by atoms with Crippen LogP contribution in [0.4, 0.5) is 9.18 Å². The van der Waals surface area contributed by atoms with Crippen LogP contribution in [0.25, 0.3) is 0 Å². The van der Waals surface area contributed by atoms with Crippen molar-refractivity contribution in [2.45, 2.75) is 0 Å². The van der Waals surface area contributed by atoms with Gasteiger partial charge in [-0.2, -0.15) is 0 Å². The molecule has 0 aromatic heterocycles. The van der Waals surface area contributed by atoms with Crippen molar-refractivity contribution in [1.29, 1.82) is 0 Å². The number of amides is 3. The van der Waals surface area contributed by atoms with Crippen molar-refractivity contribution >= 4 is 23.5 Å². The van der Waals surface area contributed by atoms with Gasteiger partial charge in [0, 0.05) is 32.2 Å². The molecule has 0 aliphatic heterocycles. The number of benzene rings is 1. The Kier molecular flexibility index (Phi) is 5.57. The standard InChI is InChI=1S/C12H15ClFN3O2/c1-17(2)12(19)16-6-5-15-11(18)9-7-8(13)3-4-10(9)14/h3-4,7H,5-6H2,1-2H3,(H,15,18)(H,16,19). The monoisotopic (exact) mass is 287 g/mol. The van der Waals surface area contributed by atoms with E-state index in [0.29, 0.717) is 0 Å². The molecule has 0 radical (unpaired) electrons. The third-order valence-corrected chi connectivity index (χ3v) is 2.50. The molecule has 19 heavy (non-hydrogen) atoms. The van der Waals surface area contributed by atoms with Crippen molar-refractivity contribution in [1.82, 2.24) is 15.5 Å². The van der Waals surface area contributed by atoms with Crippen LogP contribution in [0.3, 0.4) is 0 Å². The minimum Gasteiger partial charge on any atom is -0.350 e. The van der Waals surface area contributed by atoms with E-state index in [1.807, 2.05) is 0 Å². The normalized spacial score (nSPS) is 9.89. The van der Waals surface area contributed by atoms with Gasteiger partial charge in [0.15, 0.2) is 0 Å². The number of nitrogens with one attached hydrogen (secondary N) is 2. The lowest BCUT2D eigenvalue weighted by Gasteiger charge is -2.12. The van der Waals surface area contributed by atoms with Gasteiger partial charge in [0.25, 0.3) is 5.91 Å². The molecule has 2 N–H and O–H groups in total. The Hall–Kier alpha value is -1.82. The number of rotatable bonds is 4. The average molecular weight is 288 g/mol. The molecule has 0 bridgehead atoms. The second-order valence-corrected chi connectivity index (χ2v) is 4.44. The SMILES string of the molecule is CN(C)C(=O)NCCNC(=O)c1cc(Cl)ccc1F. The Balaban J connectivity index is 2.44. The first-order valence-corrected chi connectivity index (χ1v) is 5.98. The number of halogens is 2. The Labute approximate surface area is 115 Å². The smallest absolute Gasteiger partial charge is 0.316 e. The van der Waals surface area contributed by atoms with Crippen LogP contribution < -0.4 is 10.6 Å². The number of urea groups is 1. The van der Waals surface area contributed by atoms with Gasteiger partial charge in [0.1, 0.15) is 5.82 Å². The highest BCUT2D eigenvalue weighted by Crippen LogP contribution is 2.14. The third-order valence-electron chi connectivity index (χ3n) is 2.27. The van der Waals surface area contributed by atoms with Crippen LogP contribution in [0, 0.1) is 5.82 Å². The zero-order valence-corrected chi connectivity index (χ0v) is 11.4. The summed E-state index contributed by atoms with van der Waals surface area (Å²) in [6.45, 7) is 0.454. The highest BCUT2D eigenvalue weighted by molar-refractivity contribution is 6.30. The maximum Gasteiger partial charge on any atom is 0.316 e. The number of hydrogen-bond acceptors (Lipinski definition) is 2. The van der Waals surface area contributed by atoms with Gasteiger partial charge in [0.05, 0.1) is 5.56 Å². The number of nitrogens with zero attached hydrogens (tertiary/aromatic N) is 1. The van der Waals surface area contributed by atoms with E-state index >= 15 is 0 Å². The molecule has 104 valence electrons. The summed E-state index contributed by atoms with van der Waals surface area (Å²) in [5.74, 6) is -1.21. The van der Waals surface area contributed by atoms with Gasteiger partial charge < -0.3 is 15.5 Å². The molecule has 0 saturated heterocycles. The molecule has 1 aromatic carbocycles. The predicted octanol–water partition coefficient (Wildman–Crippen LogP) is 1.48. The van der Waals surface area contributed by atoms with E-state index in [2.05, 4.69) is 10.6 Å². The Morgan fingerprint density at radius 1 is 1.26 bits per heavy atom. The third kappa shape index (κ3) is 4.75. The molecule has 0 atom stereocenters. The lowest BCUT2D eigenvalue weighted by Crippen LogP contribution is -2.39. The van der Waals surface area contributed by atoms with E-state index in [0.717, 1.165) is 6.07 Å².